The molecule has 0 aliphatic heterocycles. The van der Waals surface area contributed by atoms with Crippen molar-refractivity contribution in [1.82, 2.24) is 5.43 Å². The van der Waals surface area contributed by atoms with Gasteiger partial charge in [-0.2, -0.15) is 5.10 Å². The number of hydrazone groups is 1. The van der Waals surface area contributed by atoms with Gasteiger partial charge in [0.2, 0.25) is 5.91 Å². The van der Waals surface area contributed by atoms with Gasteiger partial charge in [-0.15, -0.1) is 0 Å². The SMILES string of the molecule is COc1ccc(CC(=O)NN=C(CBr)c2ccc(Br)cc2)cc1. The van der Waals surface area contributed by atoms with Crippen LogP contribution in [0.3, 0.4) is 0 Å². The van der Waals surface area contributed by atoms with Crippen LogP contribution in [0.5, 0.6) is 5.75 Å². The van der Waals surface area contributed by atoms with Gasteiger partial charge < -0.3 is 4.74 Å². The Bertz CT molecular complexity index is 683. The number of hydrogen-bond donors (Lipinski definition) is 1. The quantitative estimate of drug-likeness (QED) is 0.421. The second-order valence-electron chi connectivity index (χ2n) is 4.76. The fourth-order valence-electron chi connectivity index (χ4n) is 1.91. The van der Waals surface area contributed by atoms with Gasteiger partial charge in [0.25, 0.3) is 0 Å². The number of ether oxygens (including phenoxy) is 1. The molecule has 0 aliphatic rings. The Morgan fingerprint density at radius 3 is 2.35 bits per heavy atom. The van der Waals surface area contributed by atoms with Crippen LogP contribution in [0, 0.1) is 0 Å². The van der Waals surface area contributed by atoms with Gasteiger partial charge in [-0.3, -0.25) is 4.79 Å². The predicted octanol–water partition coefficient (Wildman–Crippen LogP) is 3.92. The molecule has 0 heterocycles. The highest BCUT2D eigenvalue weighted by Crippen LogP contribution is 2.13. The Morgan fingerprint density at radius 2 is 1.78 bits per heavy atom. The number of nitrogens with zero attached hydrogens (tertiary/aromatic N) is 1. The second-order valence-corrected chi connectivity index (χ2v) is 6.24. The lowest BCUT2D eigenvalue weighted by atomic mass is 10.1. The average Bonchev–Trinajstić information content (AvgIpc) is 2.57. The number of hydrogen-bond acceptors (Lipinski definition) is 3. The summed E-state index contributed by atoms with van der Waals surface area (Å²) < 4.78 is 6.09. The molecule has 0 spiro atoms. The highest BCUT2D eigenvalue weighted by atomic mass is 79.9. The van der Waals surface area contributed by atoms with Crippen molar-refractivity contribution < 1.29 is 9.53 Å². The molecule has 1 N–H and O–H groups in total. The number of carbonyl (C=O) groups is 1. The first kappa shape index (κ1) is 17.7. The van der Waals surface area contributed by atoms with E-state index in [2.05, 4.69) is 42.4 Å². The van der Waals surface area contributed by atoms with Crippen LogP contribution in [0.2, 0.25) is 0 Å². The van der Waals surface area contributed by atoms with Crippen molar-refractivity contribution in [3.8, 4) is 5.75 Å². The highest BCUT2D eigenvalue weighted by molar-refractivity contribution is 9.10. The zero-order valence-corrected chi connectivity index (χ0v) is 15.7. The van der Waals surface area contributed by atoms with E-state index in [1.54, 1.807) is 7.11 Å². The molecule has 2 aromatic rings. The number of amides is 1. The van der Waals surface area contributed by atoms with E-state index in [1.165, 1.54) is 0 Å². The molecule has 2 rings (SSSR count). The number of benzene rings is 2. The molecule has 0 aliphatic carbocycles. The van der Waals surface area contributed by atoms with Gasteiger partial charge >= 0.3 is 0 Å². The monoisotopic (exact) mass is 438 g/mol. The van der Waals surface area contributed by atoms with E-state index in [-0.39, 0.29) is 12.3 Å². The van der Waals surface area contributed by atoms with Crippen LogP contribution in [0.4, 0.5) is 0 Å². The molecule has 0 radical (unpaired) electrons. The normalized spacial score (nSPS) is 11.2. The molecular formula is C17H16Br2N2O2. The lowest BCUT2D eigenvalue weighted by Gasteiger charge is -2.06. The zero-order chi connectivity index (χ0) is 16.7. The summed E-state index contributed by atoms with van der Waals surface area (Å²) in [7, 11) is 1.61. The third-order valence-electron chi connectivity index (χ3n) is 3.14. The van der Waals surface area contributed by atoms with E-state index in [0.717, 1.165) is 27.1 Å². The molecule has 23 heavy (non-hydrogen) atoms. The molecule has 120 valence electrons. The van der Waals surface area contributed by atoms with Gasteiger partial charge in [0.1, 0.15) is 5.75 Å². The topological polar surface area (TPSA) is 50.7 Å². The summed E-state index contributed by atoms with van der Waals surface area (Å²) in [6.45, 7) is 0. The molecule has 0 bridgehead atoms. The van der Waals surface area contributed by atoms with Crippen LogP contribution in [-0.4, -0.2) is 24.1 Å². The van der Waals surface area contributed by atoms with Crippen LogP contribution < -0.4 is 10.2 Å². The van der Waals surface area contributed by atoms with Gasteiger partial charge in [-0.1, -0.05) is 56.1 Å². The Labute approximate surface area is 152 Å². The third kappa shape index (κ3) is 5.48. The first-order valence-electron chi connectivity index (χ1n) is 6.92. The molecule has 0 unspecified atom stereocenters. The maximum absolute atomic E-state index is 12.0. The summed E-state index contributed by atoms with van der Waals surface area (Å²) in [5, 5.41) is 4.76. The number of alkyl halides is 1. The van der Waals surface area contributed by atoms with Crippen LogP contribution in [0.15, 0.2) is 58.1 Å². The summed E-state index contributed by atoms with van der Waals surface area (Å²) in [6, 6.07) is 15.2. The lowest BCUT2D eigenvalue weighted by Crippen LogP contribution is -2.22. The van der Waals surface area contributed by atoms with Gasteiger partial charge in [0.15, 0.2) is 0 Å². The van der Waals surface area contributed by atoms with Gasteiger partial charge in [0, 0.05) is 9.80 Å². The van der Waals surface area contributed by atoms with Gasteiger partial charge in [0.05, 0.1) is 19.2 Å². The van der Waals surface area contributed by atoms with Crippen molar-refractivity contribution in [2.75, 3.05) is 12.4 Å². The van der Waals surface area contributed by atoms with E-state index in [4.69, 9.17) is 4.74 Å². The molecular weight excluding hydrogens is 424 g/mol. The molecule has 0 atom stereocenters. The first-order valence-corrected chi connectivity index (χ1v) is 8.84. The molecule has 0 aromatic heterocycles. The Kier molecular flexibility index (Phi) is 6.80. The van der Waals surface area contributed by atoms with Gasteiger partial charge in [-0.25, -0.2) is 5.43 Å². The number of rotatable bonds is 6. The third-order valence-corrected chi connectivity index (χ3v) is 4.20. The zero-order valence-electron chi connectivity index (χ0n) is 12.6. The number of carbonyl (C=O) groups excluding carboxylic acids is 1. The number of methoxy groups -OCH3 is 1. The smallest absolute Gasteiger partial charge is 0.244 e. The van der Waals surface area contributed by atoms with Crippen LogP contribution in [0.25, 0.3) is 0 Å². The first-order chi connectivity index (χ1) is 11.1. The molecule has 0 saturated carbocycles. The maximum atomic E-state index is 12.0. The van der Waals surface area contributed by atoms with Crippen LogP contribution in [0.1, 0.15) is 11.1 Å². The minimum atomic E-state index is -0.161. The fraction of sp³-hybridized carbons (Fsp3) is 0.176. The molecule has 6 heteroatoms. The average molecular weight is 440 g/mol. The summed E-state index contributed by atoms with van der Waals surface area (Å²) in [6.07, 6.45) is 0.267. The van der Waals surface area contributed by atoms with E-state index in [1.807, 2.05) is 48.5 Å². The fourth-order valence-corrected chi connectivity index (χ4v) is 2.63. The minimum absolute atomic E-state index is 0.161. The van der Waals surface area contributed by atoms with Crippen molar-refractivity contribution in [2.24, 2.45) is 5.10 Å². The molecule has 0 saturated heterocycles. The Balaban J connectivity index is 1.98. The summed E-state index contributed by atoms with van der Waals surface area (Å²) in [5.74, 6) is 0.606. The Hall–Kier alpha value is -1.66. The van der Waals surface area contributed by atoms with Crippen molar-refractivity contribution in [3.05, 3.63) is 64.1 Å². The number of nitrogens with one attached hydrogen (secondary N) is 1. The van der Waals surface area contributed by atoms with E-state index in [0.29, 0.717) is 5.33 Å². The van der Waals surface area contributed by atoms with E-state index >= 15 is 0 Å². The second kappa shape index (κ2) is 8.84. The van der Waals surface area contributed by atoms with Gasteiger partial charge in [-0.05, 0) is 35.4 Å². The maximum Gasteiger partial charge on any atom is 0.244 e. The van der Waals surface area contributed by atoms with Crippen molar-refractivity contribution >= 4 is 43.5 Å². The standard InChI is InChI=1S/C17H16Br2N2O2/c1-23-15-8-2-12(3-9-15)10-17(22)21-20-16(11-18)13-4-6-14(19)7-5-13/h2-9H,10-11H2,1H3,(H,21,22). The molecule has 1 amide bonds. The highest BCUT2D eigenvalue weighted by Gasteiger charge is 2.06. The predicted molar refractivity (Wildman–Crippen MR) is 99.3 cm³/mol. The van der Waals surface area contributed by atoms with E-state index < -0.39 is 0 Å². The largest absolute Gasteiger partial charge is 0.497 e. The Morgan fingerprint density at radius 1 is 1.13 bits per heavy atom. The van der Waals surface area contributed by atoms with Crippen molar-refractivity contribution in [3.63, 3.8) is 0 Å². The van der Waals surface area contributed by atoms with Crippen molar-refractivity contribution in [2.45, 2.75) is 6.42 Å². The lowest BCUT2D eigenvalue weighted by molar-refractivity contribution is -0.120. The van der Waals surface area contributed by atoms with Crippen LogP contribution in [-0.2, 0) is 11.2 Å². The van der Waals surface area contributed by atoms with Crippen molar-refractivity contribution in [1.29, 1.82) is 0 Å². The summed E-state index contributed by atoms with van der Waals surface area (Å²) in [5.41, 5.74) is 5.22. The molecule has 0 fully saturated rings. The van der Waals surface area contributed by atoms with E-state index in [9.17, 15) is 4.79 Å². The summed E-state index contributed by atoms with van der Waals surface area (Å²) >= 11 is 6.79. The van der Waals surface area contributed by atoms with Crippen LogP contribution >= 0.6 is 31.9 Å². The molecule has 2 aromatic carbocycles. The minimum Gasteiger partial charge on any atom is -0.497 e. The summed E-state index contributed by atoms with van der Waals surface area (Å²) in [4.78, 5) is 12.0. The number of halogens is 2. The molecule has 4 nitrogen and oxygen atoms in total.